The molecule has 0 bridgehead atoms. The molecule has 1 fully saturated rings. The van der Waals surface area contributed by atoms with Gasteiger partial charge < -0.3 is 10.1 Å². The number of benzene rings is 1. The van der Waals surface area contributed by atoms with E-state index in [4.69, 9.17) is 4.74 Å². The van der Waals surface area contributed by atoms with Gasteiger partial charge in [0.05, 0.1) is 5.56 Å². The first kappa shape index (κ1) is 14.4. The molecular formula is C18H25NO2. The highest BCUT2D eigenvalue weighted by Crippen LogP contribution is 2.37. The minimum Gasteiger partial charge on any atom is -0.486 e. The Kier molecular flexibility index (Phi) is 3.92. The Morgan fingerprint density at radius 1 is 1.29 bits per heavy atom. The van der Waals surface area contributed by atoms with Crippen LogP contribution in [0.25, 0.3) is 0 Å². The van der Waals surface area contributed by atoms with Gasteiger partial charge in [-0.05, 0) is 44.2 Å². The summed E-state index contributed by atoms with van der Waals surface area (Å²) in [5.74, 6) is 1.44. The van der Waals surface area contributed by atoms with Gasteiger partial charge in [-0.2, -0.15) is 0 Å². The predicted molar refractivity (Wildman–Crippen MR) is 83.8 cm³/mol. The van der Waals surface area contributed by atoms with E-state index in [1.807, 2.05) is 12.1 Å². The topological polar surface area (TPSA) is 38.3 Å². The van der Waals surface area contributed by atoms with Crippen LogP contribution in [-0.4, -0.2) is 18.1 Å². The summed E-state index contributed by atoms with van der Waals surface area (Å²) in [6, 6.07) is 5.89. The van der Waals surface area contributed by atoms with Crippen molar-refractivity contribution < 1.29 is 9.53 Å². The van der Waals surface area contributed by atoms with Gasteiger partial charge in [-0.15, -0.1) is 0 Å². The van der Waals surface area contributed by atoms with Crippen LogP contribution in [0, 0.1) is 5.92 Å². The Bertz CT molecular complexity index is 530. The normalized spacial score (nSPS) is 20.7. The summed E-state index contributed by atoms with van der Waals surface area (Å²) in [7, 11) is 0. The molecule has 3 rings (SSSR count). The van der Waals surface area contributed by atoms with Crippen LogP contribution in [0.3, 0.4) is 0 Å². The second-order valence-corrected chi connectivity index (χ2v) is 7.05. The minimum atomic E-state index is -0.206. The number of amides is 1. The lowest BCUT2D eigenvalue weighted by molar-refractivity contribution is 0.0930. The maximum absolute atomic E-state index is 12.5. The molecule has 2 aliphatic rings. The summed E-state index contributed by atoms with van der Waals surface area (Å²) < 4.78 is 5.98. The molecule has 1 aliphatic heterocycles. The van der Waals surface area contributed by atoms with Gasteiger partial charge in [0.1, 0.15) is 11.4 Å². The first-order valence-corrected chi connectivity index (χ1v) is 8.14. The summed E-state index contributed by atoms with van der Waals surface area (Å²) in [5.41, 5.74) is 1.63. The fourth-order valence-electron chi connectivity index (χ4n) is 3.52. The van der Waals surface area contributed by atoms with Gasteiger partial charge in [-0.1, -0.05) is 31.4 Å². The van der Waals surface area contributed by atoms with Crippen molar-refractivity contribution in [3.05, 3.63) is 29.3 Å². The molecular weight excluding hydrogens is 262 g/mol. The molecule has 3 nitrogen and oxygen atoms in total. The molecule has 114 valence electrons. The number of nitrogens with one attached hydrogen (secondary N) is 1. The minimum absolute atomic E-state index is 0.00937. The quantitative estimate of drug-likeness (QED) is 0.920. The van der Waals surface area contributed by atoms with E-state index in [2.05, 4.69) is 25.2 Å². The van der Waals surface area contributed by atoms with Gasteiger partial charge in [-0.3, -0.25) is 4.79 Å². The average molecular weight is 287 g/mol. The molecule has 0 atom stereocenters. The van der Waals surface area contributed by atoms with Crippen molar-refractivity contribution in [3.8, 4) is 5.75 Å². The molecule has 0 unspecified atom stereocenters. The molecule has 1 heterocycles. The fraction of sp³-hybridized carbons (Fsp3) is 0.611. The summed E-state index contributed by atoms with van der Waals surface area (Å²) in [4.78, 5) is 12.5. The van der Waals surface area contributed by atoms with E-state index in [1.54, 1.807) is 0 Å². The Hall–Kier alpha value is -1.51. The van der Waals surface area contributed by atoms with Gasteiger partial charge in [0.2, 0.25) is 0 Å². The monoisotopic (exact) mass is 287 g/mol. The first-order valence-electron chi connectivity index (χ1n) is 8.14. The van der Waals surface area contributed by atoms with E-state index in [0.717, 1.165) is 24.3 Å². The number of hydrogen-bond acceptors (Lipinski definition) is 2. The Labute approximate surface area is 127 Å². The summed E-state index contributed by atoms with van der Waals surface area (Å²) in [6.45, 7) is 4.93. The van der Waals surface area contributed by atoms with Crippen molar-refractivity contribution in [1.82, 2.24) is 5.32 Å². The lowest BCUT2D eigenvalue weighted by Gasteiger charge is -2.22. The highest BCUT2D eigenvalue weighted by molar-refractivity contribution is 5.97. The second kappa shape index (κ2) is 5.70. The fourth-order valence-corrected chi connectivity index (χ4v) is 3.52. The number of rotatable bonds is 3. The zero-order valence-electron chi connectivity index (χ0n) is 13.1. The molecule has 0 saturated heterocycles. The van der Waals surface area contributed by atoms with Crippen molar-refractivity contribution in [2.24, 2.45) is 5.92 Å². The molecule has 1 amide bonds. The van der Waals surface area contributed by atoms with Crippen molar-refractivity contribution in [3.63, 3.8) is 0 Å². The predicted octanol–water partition coefficient (Wildman–Crippen LogP) is 3.71. The van der Waals surface area contributed by atoms with Crippen LogP contribution in [0.5, 0.6) is 5.75 Å². The van der Waals surface area contributed by atoms with Gasteiger partial charge >= 0.3 is 0 Å². The number of hydrogen-bond donors (Lipinski definition) is 1. The summed E-state index contributed by atoms with van der Waals surface area (Å²) >= 11 is 0. The van der Waals surface area contributed by atoms with Crippen molar-refractivity contribution >= 4 is 5.91 Å². The molecule has 0 spiro atoms. The molecule has 1 N–H and O–H groups in total. The third-order valence-electron chi connectivity index (χ3n) is 4.61. The molecule has 0 aromatic heterocycles. The second-order valence-electron chi connectivity index (χ2n) is 7.05. The average Bonchev–Trinajstić information content (AvgIpc) is 2.79. The smallest absolute Gasteiger partial charge is 0.255 e. The highest BCUT2D eigenvalue weighted by atomic mass is 16.5. The first-order chi connectivity index (χ1) is 10.1. The Balaban J connectivity index is 1.67. The number of fused-ring (bicyclic) bond motifs is 1. The molecule has 1 saturated carbocycles. The maximum Gasteiger partial charge on any atom is 0.255 e. The van der Waals surface area contributed by atoms with E-state index in [9.17, 15) is 4.79 Å². The number of ether oxygens (including phenoxy) is 1. The molecule has 1 aromatic carbocycles. The Morgan fingerprint density at radius 2 is 2.05 bits per heavy atom. The van der Waals surface area contributed by atoms with Crippen molar-refractivity contribution in [2.45, 2.75) is 58.0 Å². The van der Waals surface area contributed by atoms with E-state index in [0.29, 0.717) is 11.5 Å². The van der Waals surface area contributed by atoms with Crippen LogP contribution in [0.2, 0.25) is 0 Å². The van der Waals surface area contributed by atoms with E-state index < -0.39 is 0 Å². The lowest BCUT2D eigenvalue weighted by Crippen LogP contribution is -2.31. The molecule has 21 heavy (non-hydrogen) atoms. The van der Waals surface area contributed by atoms with Crippen LogP contribution >= 0.6 is 0 Å². The van der Waals surface area contributed by atoms with Gasteiger partial charge in [-0.25, -0.2) is 0 Å². The zero-order chi connectivity index (χ0) is 14.9. The zero-order valence-corrected chi connectivity index (χ0v) is 13.1. The van der Waals surface area contributed by atoms with Gasteiger partial charge in [0, 0.05) is 13.0 Å². The van der Waals surface area contributed by atoms with E-state index in [-0.39, 0.29) is 11.5 Å². The molecule has 0 radical (unpaired) electrons. The lowest BCUT2D eigenvalue weighted by atomic mass is 9.89. The van der Waals surface area contributed by atoms with Crippen LogP contribution in [0.15, 0.2) is 18.2 Å². The SMILES string of the molecule is CC1(C)Cc2cccc(C(=O)NCC3CCCCC3)c2O1. The van der Waals surface area contributed by atoms with Crippen LogP contribution in [-0.2, 0) is 6.42 Å². The van der Waals surface area contributed by atoms with Gasteiger partial charge in [0.15, 0.2) is 0 Å². The number of para-hydroxylation sites is 1. The standard InChI is InChI=1S/C18H25NO2/c1-18(2)11-14-9-6-10-15(16(14)21-18)17(20)19-12-13-7-4-3-5-8-13/h6,9-10,13H,3-5,7-8,11-12H2,1-2H3,(H,19,20). The maximum atomic E-state index is 12.5. The number of carbonyl (C=O) groups is 1. The van der Waals surface area contributed by atoms with Crippen LogP contribution in [0.1, 0.15) is 61.9 Å². The molecule has 3 heteroatoms. The third kappa shape index (κ3) is 3.22. The van der Waals surface area contributed by atoms with Crippen molar-refractivity contribution in [1.29, 1.82) is 0 Å². The highest BCUT2D eigenvalue weighted by Gasteiger charge is 2.33. The van der Waals surface area contributed by atoms with E-state index in [1.165, 1.54) is 32.1 Å². The Morgan fingerprint density at radius 3 is 2.81 bits per heavy atom. The largest absolute Gasteiger partial charge is 0.486 e. The van der Waals surface area contributed by atoms with Crippen molar-refractivity contribution in [2.75, 3.05) is 6.54 Å². The molecule has 1 aliphatic carbocycles. The third-order valence-corrected chi connectivity index (χ3v) is 4.61. The molecule has 1 aromatic rings. The number of carbonyl (C=O) groups excluding carboxylic acids is 1. The van der Waals surface area contributed by atoms with Crippen LogP contribution in [0.4, 0.5) is 0 Å². The summed E-state index contributed by atoms with van der Waals surface area (Å²) in [6.07, 6.45) is 7.32. The van der Waals surface area contributed by atoms with E-state index >= 15 is 0 Å². The van der Waals surface area contributed by atoms with Gasteiger partial charge in [0.25, 0.3) is 5.91 Å². The van der Waals surface area contributed by atoms with Crippen LogP contribution < -0.4 is 10.1 Å². The summed E-state index contributed by atoms with van der Waals surface area (Å²) in [5, 5.41) is 3.11.